The maximum atomic E-state index is 11.9. The molecule has 0 spiro atoms. The molecule has 0 aliphatic heterocycles. The molecule has 20 heavy (non-hydrogen) atoms. The number of carbonyl (C=O) groups is 1. The predicted octanol–water partition coefficient (Wildman–Crippen LogP) is 4.32. The Bertz CT molecular complexity index is 615. The standard InChI is InChI=1S/C16H15ClINO/c1-10(11-5-3-2-4-6-11)15(16(19)20)13-8-7-12(18)9-14(13)17/h2-10,15H,1H3,(H2,19,20). The fourth-order valence-corrected chi connectivity index (χ4v) is 3.35. The van der Waals surface area contributed by atoms with Crippen molar-refractivity contribution >= 4 is 40.1 Å². The van der Waals surface area contributed by atoms with E-state index in [1.54, 1.807) is 0 Å². The lowest BCUT2D eigenvalue weighted by molar-refractivity contribution is -0.119. The lowest BCUT2D eigenvalue weighted by atomic mass is 9.82. The molecular weight excluding hydrogens is 385 g/mol. The number of rotatable bonds is 4. The summed E-state index contributed by atoms with van der Waals surface area (Å²) in [5, 5.41) is 0.587. The van der Waals surface area contributed by atoms with E-state index in [-0.39, 0.29) is 11.8 Å². The lowest BCUT2D eigenvalue weighted by Crippen LogP contribution is -2.26. The average Bonchev–Trinajstić information content (AvgIpc) is 2.42. The van der Waals surface area contributed by atoms with E-state index in [9.17, 15) is 4.79 Å². The van der Waals surface area contributed by atoms with Gasteiger partial charge in [-0.2, -0.15) is 0 Å². The first-order chi connectivity index (χ1) is 9.50. The molecule has 0 aliphatic carbocycles. The molecule has 4 heteroatoms. The van der Waals surface area contributed by atoms with Crippen LogP contribution in [0.2, 0.25) is 5.02 Å². The van der Waals surface area contributed by atoms with Crippen molar-refractivity contribution in [3.63, 3.8) is 0 Å². The first-order valence-corrected chi connectivity index (χ1v) is 7.75. The van der Waals surface area contributed by atoms with Gasteiger partial charge in [-0.25, -0.2) is 0 Å². The van der Waals surface area contributed by atoms with Crippen molar-refractivity contribution in [3.8, 4) is 0 Å². The van der Waals surface area contributed by atoms with Crippen molar-refractivity contribution in [2.75, 3.05) is 0 Å². The number of primary amides is 1. The quantitative estimate of drug-likeness (QED) is 0.765. The zero-order valence-electron chi connectivity index (χ0n) is 11.0. The van der Waals surface area contributed by atoms with Gasteiger partial charge in [-0.1, -0.05) is 54.9 Å². The van der Waals surface area contributed by atoms with Gasteiger partial charge in [0.1, 0.15) is 0 Å². The predicted molar refractivity (Wildman–Crippen MR) is 91.0 cm³/mol. The molecule has 0 aromatic heterocycles. The summed E-state index contributed by atoms with van der Waals surface area (Å²) in [7, 11) is 0. The van der Waals surface area contributed by atoms with Crippen LogP contribution in [-0.4, -0.2) is 5.91 Å². The highest BCUT2D eigenvalue weighted by Crippen LogP contribution is 2.36. The van der Waals surface area contributed by atoms with E-state index in [2.05, 4.69) is 22.6 Å². The summed E-state index contributed by atoms with van der Waals surface area (Å²) in [5.41, 5.74) is 7.48. The molecule has 0 fully saturated rings. The van der Waals surface area contributed by atoms with Crippen molar-refractivity contribution < 1.29 is 4.79 Å². The average molecular weight is 400 g/mol. The molecule has 0 saturated carbocycles. The molecule has 2 N–H and O–H groups in total. The zero-order valence-corrected chi connectivity index (χ0v) is 13.9. The summed E-state index contributed by atoms with van der Waals surface area (Å²) in [6.45, 7) is 2.00. The van der Waals surface area contributed by atoms with Gasteiger partial charge in [0.15, 0.2) is 0 Å². The van der Waals surface area contributed by atoms with Crippen LogP contribution >= 0.6 is 34.2 Å². The Balaban J connectivity index is 2.44. The Morgan fingerprint density at radius 2 is 1.85 bits per heavy atom. The molecule has 0 saturated heterocycles. The molecular formula is C16H15ClINO. The normalized spacial score (nSPS) is 13.8. The minimum absolute atomic E-state index is 0.0220. The minimum Gasteiger partial charge on any atom is -0.369 e. The lowest BCUT2D eigenvalue weighted by Gasteiger charge is -2.23. The fraction of sp³-hybridized carbons (Fsp3) is 0.188. The Hall–Kier alpha value is -1.07. The van der Waals surface area contributed by atoms with Crippen LogP contribution in [0.25, 0.3) is 0 Å². The number of halogens is 2. The van der Waals surface area contributed by atoms with E-state index < -0.39 is 5.92 Å². The summed E-state index contributed by atoms with van der Waals surface area (Å²) in [6, 6.07) is 15.5. The summed E-state index contributed by atoms with van der Waals surface area (Å²) >= 11 is 8.48. The van der Waals surface area contributed by atoms with Crippen LogP contribution in [-0.2, 0) is 4.79 Å². The zero-order chi connectivity index (χ0) is 14.7. The van der Waals surface area contributed by atoms with Gasteiger partial charge in [-0.15, -0.1) is 0 Å². The molecule has 2 nitrogen and oxygen atoms in total. The van der Waals surface area contributed by atoms with Crippen LogP contribution in [0.5, 0.6) is 0 Å². The number of hydrogen-bond donors (Lipinski definition) is 1. The molecule has 2 aromatic carbocycles. The number of carbonyl (C=O) groups excluding carboxylic acids is 1. The highest BCUT2D eigenvalue weighted by molar-refractivity contribution is 14.1. The summed E-state index contributed by atoms with van der Waals surface area (Å²) in [4.78, 5) is 11.9. The van der Waals surface area contributed by atoms with Crippen molar-refractivity contribution in [1.29, 1.82) is 0 Å². The van der Waals surface area contributed by atoms with E-state index in [1.165, 1.54) is 0 Å². The van der Waals surface area contributed by atoms with Crippen molar-refractivity contribution in [2.24, 2.45) is 5.73 Å². The Labute approximate surface area is 137 Å². The molecule has 1 amide bonds. The second-order valence-electron chi connectivity index (χ2n) is 4.75. The first-order valence-electron chi connectivity index (χ1n) is 6.30. The number of hydrogen-bond acceptors (Lipinski definition) is 1. The highest BCUT2D eigenvalue weighted by Gasteiger charge is 2.27. The van der Waals surface area contributed by atoms with Gasteiger partial charge < -0.3 is 5.73 Å². The van der Waals surface area contributed by atoms with Crippen LogP contribution in [0, 0.1) is 3.57 Å². The van der Waals surface area contributed by atoms with Gasteiger partial charge >= 0.3 is 0 Å². The maximum absolute atomic E-state index is 11.9. The largest absolute Gasteiger partial charge is 0.369 e. The third-order valence-corrected chi connectivity index (χ3v) is 4.43. The first kappa shape index (κ1) is 15.3. The van der Waals surface area contributed by atoms with Crippen LogP contribution < -0.4 is 5.73 Å². The third-order valence-electron chi connectivity index (χ3n) is 3.43. The molecule has 0 radical (unpaired) electrons. The topological polar surface area (TPSA) is 43.1 Å². The van der Waals surface area contributed by atoms with Gasteiger partial charge in [-0.3, -0.25) is 4.79 Å². The van der Waals surface area contributed by atoms with Gasteiger partial charge in [0.05, 0.1) is 5.92 Å². The molecule has 0 bridgehead atoms. The second kappa shape index (κ2) is 6.59. The highest BCUT2D eigenvalue weighted by atomic mass is 127. The van der Waals surface area contributed by atoms with Crippen LogP contribution in [0.4, 0.5) is 0 Å². The van der Waals surface area contributed by atoms with Crippen LogP contribution in [0.15, 0.2) is 48.5 Å². The molecule has 0 aliphatic rings. The number of amides is 1. The van der Waals surface area contributed by atoms with Gasteiger partial charge in [0, 0.05) is 8.59 Å². The van der Waals surface area contributed by atoms with E-state index in [1.807, 2.05) is 55.5 Å². The van der Waals surface area contributed by atoms with Gasteiger partial charge in [-0.05, 0) is 51.8 Å². The SMILES string of the molecule is CC(c1ccccc1)C(C(N)=O)c1ccc(I)cc1Cl. The summed E-state index contributed by atoms with van der Waals surface area (Å²) < 4.78 is 1.03. The summed E-state index contributed by atoms with van der Waals surface area (Å²) in [6.07, 6.45) is 0. The number of benzene rings is 2. The Kier molecular flexibility index (Phi) is 5.05. The molecule has 104 valence electrons. The monoisotopic (exact) mass is 399 g/mol. The third kappa shape index (κ3) is 3.33. The molecule has 2 atom stereocenters. The van der Waals surface area contributed by atoms with Gasteiger partial charge in [0.2, 0.25) is 5.91 Å². The van der Waals surface area contributed by atoms with E-state index >= 15 is 0 Å². The van der Waals surface area contributed by atoms with E-state index in [0.29, 0.717) is 5.02 Å². The Morgan fingerprint density at radius 1 is 1.20 bits per heavy atom. The van der Waals surface area contributed by atoms with Crippen molar-refractivity contribution in [1.82, 2.24) is 0 Å². The van der Waals surface area contributed by atoms with Gasteiger partial charge in [0.25, 0.3) is 0 Å². The summed E-state index contributed by atoms with van der Waals surface area (Å²) in [5.74, 6) is -0.808. The van der Waals surface area contributed by atoms with Crippen LogP contribution in [0.1, 0.15) is 29.9 Å². The fourth-order valence-electron chi connectivity index (χ4n) is 2.37. The van der Waals surface area contributed by atoms with E-state index in [4.69, 9.17) is 17.3 Å². The maximum Gasteiger partial charge on any atom is 0.225 e. The smallest absolute Gasteiger partial charge is 0.225 e. The molecule has 2 rings (SSSR count). The van der Waals surface area contributed by atoms with Crippen molar-refractivity contribution in [3.05, 3.63) is 68.3 Å². The Morgan fingerprint density at radius 3 is 2.40 bits per heavy atom. The van der Waals surface area contributed by atoms with Crippen molar-refractivity contribution in [2.45, 2.75) is 18.8 Å². The molecule has 2 aromatic rings. The molecule has 0 heterocycles. The number of nitrogens with two attached hydrogens (primary N) is 1. The molecule has 2 unspecified atom stereocenters. The minimum atomic E-state index is -0.429. The van der Waals surface area contributed by atoms with Crippen LogP contribution in [0.3, 0.4) is 0 Å². The van der Waals surface area contributed by atoms with E-state index in [0.717, 1.165) is 14.7 Å². The second-order valence-corrected chi connectivity index (χ2v) is 6.40.